The molecule has 4 amide bonds. The van der Waals surface area contributed by atoms with Gasteiger partial charge in [0.25, 0.3) is 11.8 Å². The van der Waals surface area contributed by atoms with E-state index in [1.165, 1.54) is 23.2 Å². The van der Waals surface area contributed by atoms with E-state index in [0.29, 0.717) is 37.5 Å². The van der Waals surface area contributed by atoms with Crippen molar-refractivity contribution in [1.82, 2.24) is 35.2 Å². The zero-order chi connectivity index (χ0) is 44.2. The van der Waals surface area contributed by atoms with Crippen LogP contribution in [0.15, 0.2) is 59.2 Å². The number of rotatable bonds is 7. The third-order valence-corrected chi connectivity index (χ3v) is 13.2. The van der Waals surface area contributed by atoms with Gasteiger partial charge in [-0.1, -0.05) is 37.1 Å². The zero-order valence-corrected chi connectivity index (χ0v) is 35.0. The topological polar surface area (TPSA) is 212 Å². The van der Waals surface area contributed by atoms with Crippen molar-refractivity contribution in [3.63, 3.8) is 0 Å². The molecular weight excluding hydrogens is 836 g/mol. The second-order valence-corrected chi connectivity index (χ2v) is 19.2. The van der Waals surface area contributed by atoms with Crippen molar-refractivity contribution in [3.8, 4) is 17.3 Å². The number of furan rings is 1. The molecule has 16 nitrogen and oxygen atoms in total. The Kier molecular flexibility index (Phi) is 11.2. The van der Waals surface area contributed by atoms with Gasteiger partial charge in [-0.2, -0.15) is 18.2 Å². The van der Waals surface area contributed by atoms with Crippen LogP contribution in [0, 0.1) is 5.92 Å². The molecule has 5 atom stereocenters. The summed E-state index contributed by atoms with van der Waals surface area (Å²) in [6.45, 7) is 4.82. The lowest BCUT2D eigenvalue weighted by atomic mass is 10.0. The number of carbonyl (C=O) groups is 4. The summed E-state index contributed by atoms with van der Waals surface area (Å²) in [6.07, 6.45) is 2.37. The molecule has 2 aliphatic heterocycles. The molecule has 1 saturated heterocycles. The maximum absolute atomic E-state index is 14.7. The molecule has 3 fully saturated rings. The molecule has 4 aromatic rings. The van der Waals surface area contributed by atoms with Gasteiger partial charge in [0.1, 0.15) is 34.8 Å². The van der Waals surface area contributed by atoms with Crippen LogP contribution in [0.3, 0.4) is 0 Å². The van der Waals surface area contributed by atoms with Crippen molar-refractivity contribution in [2.45, 2.75) is 119 Å². The summed E-state index contributed by atoms with van der Waals surface area (Å²) in [7, 11) is -3.98. The summed E-state index contributed by atoms with van der Waals surface area (Å²) in [6, 6.07) is 5.18. The third-order valence-electron chi connectivity index (χ3n) is 11.3. The predicted molar refractivity (Wildman–Crippen MR) is 217 cm³/mol. The molecule has 0 spiro atoms. The Labute approximate surface area is 354 Å². The van der Waals surface area contributed by atoms with E-state index in [-0.39, 0.29) is 59.9 Å². The van der Waals surface area contributed by atoms with Crippen molar-refractivity contribution in [2.75, 3.05) is 6.54 Å². The molecule has 330 valence electrons. The molecule has 2 aliphatic carbocycles. The second-order valence-electron chi connectivity index (χ2n) is 17.3. The molecule has 1 aromatic carbocycles. The lowest BCUT2D eigenvalue weighted by Crippen LogP contribution is -2.58. The summed E-state index contributed by atoms with van der Waals surface area (Å²) < 4.78 is 86.4. The van der Waals surface area contributed by atoms with E-state index >= 15 is 0 Å². The van der Waals surface area contributed by atoms with Gasteiger partial charge >= 0.3 is 12.3 Å². The average molecular weight is 882 g/mol. The monoisotopic (exact) mass is 881 g/mol. The van der Waals surface area contributed by atoms with Crippen LogP contribution in [0.2, 0.25) is 0 Å². The molecule has 0 radical (unpaired) electrons. The van der Waals surface area contributed by atoms with Gasteiger partial charge in [0.05, 0.1) is 22.7 Å². The van der Waals surface area contributed by atoms with E-state index in [1.807, 2.05) is 6.08 Å². The van der Waals surface area contributed by atoms with Crippen molar-refractivity contribution in [3.05, 3.63) is 60.3 Å². The minimum Gasteiger partial charge on any atom is -0.470 e. The van der Waals surface area contributed by atoms with E-state index in [1.54, 1.807) is 39.0 Å². The number of nitrogens with zero attached hydrogens (tertiary/aromatic N) is 4. The Balaban J connectivity index is 1.15. The Morgan fingerprint density at radius 2 is 1.77 bits per heavy atom. The number of amides is 4. The van der Waals surface area contributed by atoms with E-state index in [0.717, 1.165) is 18.6 Å². The van der Waals surface area contributed by atoms with Gasteiger partial charge in [-0.15, -0.1) is 0 Å². The summed E-state index contributed by atoms with van der Waals surface area (Å²) >= 11 is 0. The number of hydrogen-bond donors (Lipinski definition) is 3. The largest absolute Gasteiger partial charge is 0.470 e. The second kappa shape index (κ2) is 16.2. The first-order chi connectivity index (χ1) is 29.3. The number of sulfonamides is 1. The molecule has 8 rings (SSSR count). The maximum atomic E-state index is 14.7. The number of fused-ring (bicyclic) bond motifs is 5. The van der Waals surface area contributed by atoms with Crippen LogP contribution in [-0.4, -0.2) is 93.2 Å². The van der Waals surface area contributed by atoms with Crippen molar-refractivity contribution < 1.29 is 54.7 Å². The Morgan fingerprint density at radius 1 is 1.02 bits per heavy atom. The number of pyridine rings is 1. The van der Waals surface area contributed by atoms with Gasteiger partial charge in [0.15, 0.2) is 5.82 Å². The summed E-state index contributed by atoms with van der Waals surface area (Å²) in [5.74, 6) is -2.91. The number of alkyl carbamates (subject to hydrolysis) is 1. The molecule has 4 aliphatic rings. The number of benzene rings is 1. The quantitative estimate of drug-likeness (QED) is 0.191. The summed E-state index contributed by atoms with van der Waals surface area (Å²) in [5.41, 5.74) is -2.66. The molecule has 0 bridgehead atoms. The highest BCUT2D eigenvalue weighted by molar-refractivity contribution is 7.91. The number of nitrogens with one attached hydrogen (secondary N) is 3. The standard InChI is InChI=1S/C42H46F3N7O9S/c1-40(2,3)61-39(56)47-29-12-8-6-4-5-7-10-25-21-41(25,38(55)51-62(57,58)27-17-18-27)50-34(53)30-20-26(22-52(30)37(29)54)59-36-32-31(28-11-9-19-46-35(28)60-32)48-33(49-36)23-13-15-24(16-14-23)42(43,44)45/h7,9-11,13-16,19,25-27,29-30H,4-6,8,12,17-18,20-22H2,1-3H3,(H,47,56)(H,50,53)(H,51,55)/b10-7-/t25-,26-,29+,30+,41-/m1/s1. The van der Waals surface area contributed by atoms with Crippen LogP contribution in [-0.2, 0) is 35.3 Å². The fourth-order valence-electron chi connectivity index (χ4n) is 7.93. The Morgan fingerprint density at radius 3 is 2.48 bits per heavy atom. The molecule has 3 N–H and O–H groups in total. The highest BCUT2D eigenvalue weighted by Crippen LogP contribution is 2.46. The number of carbonyl (C=O) groups excluding carboxylic acids is 4. The number of halogens is 3. The first-order valence-electron chi connectivity index (χ1n) is 20.6. The maximum Gasteiger partial charge on any atom is 0.416 e. The number of alkyl halides is 3. The lowest BCUT2D eigenvalue weighted by Gasteiger charge is -2.30. The SMILES string of the molecule is CC(C)(C)OC(=O)N[C@H]1CCCCC/C=C\[C@@H]2C[C@@]2(C(=O)NS(=O)(=O)C2CC2)NC(=O)[C@@H]2C[C@@H](Oc3nc(-c4ccc(C(F)(F)F)cc4)nc4c3oc3ncccc34)CN2C1=O. The highest BCUT2D eigenvalue weighted by Gasteiger charge is 2.62. The fraction of sp³-hybridized carbons (Fsp3) is 0.500. The Bertz CT molecular complexity index is 2560. The molecule has 3 aromatic heterocycles. The van der Waals surface area contributed by atoms with Gasteiger partial charge in [-0.3, -0.25) is 19.1 Å². The van der Waals surface area contributed by atoms with E-state index in [2.05, 4.69) is 30.3 Å². The van der Waals surface area contributed by atoms with Gasteiger partial charge in [0, 0.05) is 24.1 Å². The summed E-state index contributed by atoms with van der Waals surface area (Å²) in [5, 5.41) is 5.27. The average Bonchev–Trinajstić information content (AvgIpc) is 4.10. The third kappa shape index (κ3) is 9.05. The van der Waals surface area contributed by atoms with Crippen molar-refractivity contribution >= 4 is 56.0 Å². The number of hydrogen-bond acceptors (Lipinski definition) is 12. The molecular formula is C42H46F3N7O9S. The lowest BCUT2D eigenvalue weighted by molar-refractivity contribution is -0.141. The Hall–Kier alpha value is -5.79. The van der Waals surface area contributed by atoms with Crippen LogP contribution in [0.1, 0.15) is 84.1 Å². The van der Waals surface area contributed by atoms with E-state index in [9.17, 15) is 40.8 Å². The molecule has 20 heteroatoms. The summed E-state index contributed by atoms with van der Waals surface area (Å²) in [4.78, 5) is 70.9. The molecule has 5 heterocycles. The van der Waals surface area contributed by atoms with E-state index < -0.39 is 86.1 Å². The minimum atomic E-state index is -4.58. The van der Waals surface area contributed by atoms with Crippen LogP contribution >= 0.6 is 0 Å². The molecule has 0 unspecified atom stereocenters. The number of aromatic nitrogens is 3. The van der Waals surface area contributed by atoms with Crippen molar-refractivity contribution in [1.29, 1.82) is 0 Å². The van der Waals surface area contributed by atoms with E-state index in [4.69, 9.17) is 13.9 Å². The smallest absolute Gasteiger partial charge is 0.416 e. The number of ether oxygens (including phenoxy) is 2. The van der Waals surface area contributed by atoms with Gasteiger partial charge in [-0.25, -0.2) is 23.2 Å². The fourth-order valence-corrected chi connectivity index (χ4v) is 9.29. The van der Waals surface area contributed by atoms with Gasteiger partial charge in [0.2, 0.25) is 33.1 Å². The van der Waals surface area contributed by atoms with Gasteiger partial charge < -0.3 is 29.4 Å². The predicted octanol–water partition coefficient (Wildman–Crippen LogP) is 5.70. The van der Waals surface area contributed by atoms with Crippen LogP contribution in [0.25, 0.3) is 33.6 Å². The zero-order valence-electron chi connectivity index (χ0n) is 34.2. The van der Waals surface area contributed by atoms with Crippen LogP contribution in [0.5, 0.6) is 5.88 Å². The highest BCUT2D eigenvalue weighted by atomic mass is 32.2. The normalized spacial score (nSPS) is 25.5. The van der Waals surface area contributed by atoms with Gasteiger partial charge in [-0.05, 0) is 83.6 Å². The number of allylic oxidation sites excluding steroid dienone is 1. The molecule has 62 heavy (non-hydrogen) atoms. The van der Waals surface area contributed by atoms with Crippen LogP contribution < -0.4 is 20.1 Å². The first kappa shape index (κ1) is 42.9. The van der Waals surface area contributed by atoms with Crippen molar-refractivity contribution in [2.24, 2.45) is 5.92 Å². The first-order valence-corrected chi connectivity index (χ1v) is 22.1. The van der Waals surface area contributed by atoms with Crippen LogP contribution in [0.4, 0.5) is 18.0 Å². The minimum absolute atomic E-state index is 0.00185. The molecule has 2 saturated carbocycles.